The molecule has 0 aliphatic heterocycles. The highest BCUT2D eigenvalue weighted by atomic mass is 16.4. The molecule has 0 saturated heterocycles. The van der Waals surface area contributed by atoms with Crippen LogP contribution in [0.25, 0.3) is 11.0 Å². The Morgan fingerprint density at radius 3 is 2.84 bits per heavy atom. The molecule has 0 amide bonds. The van der Waals surface area contributed by atoms with Crippen LogP contribution in [0.1, 0.15) is 30.0 Å². The summed E-state index contributed by atoms with van der Waals surface area (Å²) in [5.74, 6) is -1.07. The van der Waals surface area contributed by atoms with Crippen molar-refractivity contribution in [3.63, 3.8) is 0 Å². The number of furan rings is 1. The number of nitrogens with one attached hydrogen (secondary N) is 1. The summed E-state index contributed by atoms with van der Waals surface area (Å²) in [5.41, 5.74) is 2.99. The van der Waals surface area contributed by atoms with Gasteiger partial charge in [-0.1, -0.05) is 17.7 Å². The summed E-state index contributed by atoms with van der Waals surface area (Å²) in [6.45, 7) is 5.69. The van der Waals surface area contributed by atoms with Crippen LogP contribution in [0, 0.1) is 0 Å². The SMILES string of the molecule is CC(C)=CCNCc1ccc2oc(C(=O)O)cc2c1. The summed E-state index contributed by atoms with van der Waals surface area (Å²) in [4.78, 5) is 10.8. The summed E-state index contributed by atoms with van der Waals surface area (Å²) in [5, 5.41) is 13.0. The van der Waals surface area contributed by atoms with E-state index in [1.165, 1.54) is 5.57 Å². The van der Waals surface area contributed by atoms with Gasteiger partial charge in [-0.15, -0.1) is 0 Å². The van der Waals surface area contributed by atoms with Gasteiger partial charge in [0.2, 0.25) is 5.76 Å². The molecule has 4 nitrogen and oxygen atoms in total. The molecule has 0 bridgehead atoms. The predicted molar refractivity (Wildman–Crippen MR) is 74.3 cm³/mol. The molecule has 0 atom stereocenters. The van der Waals surface area contributed by atoms with Crippen molar-refractivity contribution in [2.45, 2.75) is 20.4 Å². The number of aromatic carboxylic acids is 1. The molecule has 0 aliphatic carbocycles. The Morgan fingerprint density at radius 2 is 2.16 bits per heavy atom. The third kappa shape index (κ3) is 3.45. The summed E-state index contributed by atoms with van der Waals surface area (Å²) < 4.78 is 5.21. The lowest BCUT2D eigenvalue weighted by atomic mass is 10.1. The molecule has 4 heteroatoms. The molecular weight excluding hydrogens is 242 g/mol. The Hall–Kier alpha value is -2.07. The molecule has 1 aromatic carbocycles. The first-order valence-corrected chi connectivity index (χ1v) is 6.16. The van der Waals surface area contributed by atoms with Crippen molar-refractivity contribution in [3.05, 3.63) is 47.2 Å². The Bertz CT molecular complexity index is 621. The van der Waals surface area contributed by atoms with Crippen molar-refractivity contribution in [2.24, 2.45) is 0 Å². The first kappa shape index (κ1) is 13.4. The van der Waals surface area contributed by atoms with Crippen molar-refractivity contribution < 1.29 is 14.3 Å². The van der Waals surface area contributed by atoms with Crippen LogP contribution in [0.5, 0.6) is 0 Å². The van der Waals surface area contributed by atoms with Crippen LogP contribution in [-0.2, 0) is 6.54 Å². The lowest BCUT2D eigenvalue weighted by Gasteiger charge is -2.02. The third-order valence-corrected chi connectivity index (χ3v) is 2.78. The summed E-state index contributed by atoms with van der Waals surface area (Å²) in [6, 6.07) is 7.24. The molecule has 0 spiro atoms. The zero-order valence-corrected chi connectivity index (χ0v) is 11.1. The van der Waals surface area contributed by atoms with E-state index in [1.807, 2.05) is 12.1 Å². The highest BCUT2D eigenvalue weighted by Gasteiger charge is 2.10. The molecule has 2 aromatic rings. The van der Waals surface area contributed by atoms with Gasteiger partial charge in [0.1, 0.15) is 5.58 Å². The van der Waals surface area contributed by atoms with Gasteiger partial charge < -0.3 is 14.8 Å². The molecule has 0 unspecified atom stereocenters. The smallest absolute Gasteiger partial charge is 0.371 e. The molecule has 1 heterocycles. The first-order valence-electron chi connectivity index (χ1n) is 6.16. The fourth-order valence-electron chi connectivity index (χ4n) is 1.80. The average Bonchev–Trinajstić information content (AvgIpc) is 2.77. The van der Waals surface area contributed by atoms with E-state index in [9.17, 15) is 4.79 Å². The molecule has 19 heavy (non-hydrogen) atoms. The van der Waals surface area contributed by atoms with Gasteiger partial charge in [0, 0.05) is 18.5 Å². The summed E-state index contributed by atoms with van der Waals surface area (Å²) in [6.07, 6.45) is 2.12. The van der Waals surface area contributed by atoms with Crippen molar-refractivity contribution in [1.29, 1.82) is 0 Å². The highest BCUT2D eigenvalue weighted by molar-refractivity contribution is 5.91. The summed E-state index contributed by atoms with van der Waals surface area (Å²) >= 11 is 0. The molecule has 0 radical (unpaired) electrons. The van der Waals surface area contributed by atoms with E-state index in [4.69, 9.17) is 9.52 Å². The number of hydrogen-bond acceptors (Lipinski definition) is 3. The number of carboxylic acids is 1. The maximum absolute atomic E-state index is 10.8. The number of carbonyl (C=O) groups is 1. The quantitative estimate of drug-likeness (QED) is 0.639. The zero-order chi connectivity index (χ0) is 13.8. The minimum absolute atomic E-state index is 0.0235. The average molecular weight is 259 g/mol. The van der Waals surface area contributed by atoms with E-state index >= 15 is 0 Å². The zero-order valence-electron chi connectivity index (χ0n) is 11.1. The second kappa shape index (κ2) is 5.71. The molecule has 0 fully saturated rings. The number of allylic oxidation sites excluding steroid dienone is 1. The van der Waals surface area contributed by atoms with E-state index in [0.717, 1.165) is 24.0 Å². The fourth-order valence-corrected chi connectivity index (χ4v) is 1.80. The van der Waals surface area contributed by atoms with Crippen LogP contribution in [0.4, 0.5) is 0 Å². The normalized spacial score (nSPS) is 10.6. The second-order valence-corrected chi connectivity index (χ2v) is 4.70. The molecule has 2 N–H and O–H groups in total. The maximum Gasteiger partial charge on any atom is 0.371 e. The largest absolute Gasteiger partial charge is 0.475 e. The van der Waals surface area contributed by atoms with Crippen LogP contribution in [-0.4, -0.2) is 17.6 Å². The Balaban J connectivity index is 2.08. The number of hydrogen-bond donors (Lipinski definition) is 2. The second-order valence-electron chi connectivity index (χ2n) is 4.70. The number of benzene rings is 1. The molecule has 2 rings (SSSR count). The van der Waals surface area contributed by atoms with E-state index in [0.29, 0.717) is 5.58 Å². The maximum atomic E-state index is 10.8. The lowest BCUT2D eigenvalue weighted by Crippen LogP contribution is -2.12. The van der Waals surface area contributed by atoms with E-state index < -0.39 is 5.97 Å². The van der Waals surface area contributed by atoms with Crippen LogP contribution in [0.3, 0.4) is 0 Å². The monoisotopic (exact) mass is 259 g/mol. The van der Waals surface area contributed by atoms with Gasteiger partial charge in [-0.25, -0.2) is 4.79 Å². The van der Waals surface area contributed by atoms with Gasteiger partial charge in [0.05, 0.1) is 0 Å². The predicted octanol–water partition coefficient (Wildman–Crippen LogP) is 3.19. The van der Waals surface area contributed by atoms with Gasteiger partial charge >= 0.3 is 5.97 Å². The first-order chi connectivity index (χ1) is 9.06. The van der Waals surface area contributed by atoms with Gasteiger partial charge in [-0.2, -0.15) is 0 Å². The van der Waals surface area contributed by atoms with Crippen molar-refractivity contribution >= 4 is 16.9 Å². The van der Waals surface area contributed by atoms with Gasteiger partial charge in [-0.05, 0) is 37.6 Å². The molecular formula is C15H17NO3. The van der Waals surface area contributed by atoms with Crippen molar-refractivity contribution in [1.82, 2.24) is 5.32 Å². The topological polar surface area (TPSA) is 62.5 Å². The minimum atomic E-state index is -1.04. The summed E-state index contributed by atoms with van der Waals surface area (Å²) in [7, 11) is 0. The number of carboxylic acid groups (broad SMARTS) is 1. The van der Waals surface area contributed by atoms with E-state index in [1.54, 1.807) is 12.1 Å². The van der Waals surface area contributed by atoms with Gasteiger partial charge in [0.15, 0.2) is 0 Å². The van der Waals surface area contributed by atoms with Crippen molar-refractivity contribution in [2.75, 3.05) is 6.54 Å². The molecule has 0 saturated carbocycles. The lowest BCUT2D eigenvalue weighted by molar-refractivity contribution is 0.0665. The number of rotatable bonds is 5. The van der Waals surface area contributed by atoms with Gasteiger partial charge in [-0.3, -0.25) is 0 Å². The minimum Gasteiger partial charge on any atom is -0.475 e. The van der Waals surface area contributed by atoms with E-state index in [-0.39, 0.29) is 5.76 Å². The Labute approximate surface area is 111 Å². The Morgan fingerprint density at radius 1 is 1.37 bits per heavy atom. The highest BCUT2D eigenvalue weighted by Crippen LogP contribution is 2.20. The van der Waals surface area contributed by atoms with Crippen LogP contribution in [0.2, 0.25) is 0 Å². The van der Waals surface area contributed by atoms with Crippen LogP contribution in [0.15, 0.2) is 40.3 Å². The standard InChI is InChI=1S/C15H17NO3/c1-10(2)5-6-16-9-11-3-4-13-12(7-11)8-14(19-13)15(17)18/h3-5,7-8,16H,6,9H2,1-2H3,(H,17,18). The van der Waals surface area contributed by atoms with Crippen LogP contribution >= 0.6 is 0 Å². The third-order valence-electron chi connectivity index (χ3n) is 2.78. The Kier molecular flexibility index (Phi) is 4.02. The fraction of sp³-hybridized carbons (Fsp3) is 0.267. The van der Waals surface area contributed by atoms with E-state index in [2.05, 4.69) is 25.2 Å². The van der Waals surface area contributed by atoms with Gasteiger partial charge in [0.25, 0.3) is 0 Å². The number of fused-ring (bicyclic) bond motifs is 1. The van der Waals surface area contributed by atoms with Crippen molar-refractivity contribution in [3.8, 4) is 0 Å². The molecule has 1 aromatic heterocycles. The molecule has 100 valence electrons. The van der Waals surface area contributed by atoms with Crippen LogP contribution < -0.4 is 5.32 Å². The molecule has 0 aliphatic rings.